The van der Waals surface area contributed by atoms with Crippen molar-refractivity contribution in [3.63, 3.8) is 0 Å². The molecule has 1 N–H and O–H groups in total. The Bertz CT molecular complexity index is 1300. The Labute approximate surface area is 206 Å². The Hall–Kier alpha value is -3.29. The van der Waals surface area contributed by atoms with Gasteiger partial charge in [-0.3, -0.25) is 9.59 Å². The summed E-state index contributed by atoms with van der Waals surface area (Å²) >= 11 is 7.63. The fourth-order valence-electron chi connectivity index (χ4n) is 4.41. The highest BCUT2D eigenvalue weighted by Crippen LogP contribution is 2.33. The predicted molar refractivity (Wildman–Crippen MR) is 133 cm³/mol. The maximum atomic E-state index is 13.7. The van der Waals surface area contributed by atoms with Crippen LogP contribution in [0.2, 0.25) is 5.02 Å². The molecule has 5 rings (SSSR count). The van der Waals surface area contributed by atoms with E-state index < -0.39 is 5.54 Å². The summed E-state index contributed by atoms with van der Waals surface area (Å²) in [6, 6.07) is 18.7. The van der Waals surface area contributed by atoms with Gasteiger partial charge in [0.1, 0.15) is 17.0 Å². The largest absolute Gasteiger partial charge is 0.463 e. The van der Waals surface area contributed by atoms with Gasteiger partial charge in [-0.25, -0.2) is 0 Å². The summed E-state index contributed by atoms with van der Waals surface area (Å²) in [5.74, 6) is 0.298. The lowest BCUT2D eigenvalue weighted by molar-refractivity contribution is -0.133. The third-order valence-corrected chi connectivity index (χ3v) is 7.49. The molecule has 0 unspecified atom stereocenters. The summed E-state index contributed by atoms with van der Waals surface area (Å²) in [7, 11) is 0. The number of halogens is 1. The number of aromatic nitrogens is 1. The molecular weight excluding hydrogens is 470 g/mol. The summed E-state index contributed by atoms with van der Waals surface area (Å²) < 4.78 is 7.48. The summed E-state index contributed by atoms with van der Waals surface area (Å²) in [5, 5.41) is 5.70. The Morgan fingerprint density at radius 1 is 1.12 bits per heavy atom. The molecule has 4 heterocycles. The van der Waals surface area contributed by atoms with Gasteiger partial charge >= 0.3 is 0 Å². The van der Waals surface area contributed by atoms with Crippen LogP contribution in [0.1, 0.15) is 27.9 Å². The number of hydrogen-bond acceptors (Lipinski definition) is 4. The van der Waals surface area contributed by atoms with Gasteiger partial charge in [-0.1, -0.05) is 29.8 Å². The molecule has 0 saturated carbocycles. The van der Waals surface area contributed by atoms with E-state index in [1.807, 2.05) is 59.3 Å². The van der Waals surface area contributed by atoms with Crippen molar-refractivity contribution in [2.45, 2.75) is 32.0 Å². The van der Waals surface area contributed by atoms with Gasteiger partial charge in [0.25, 0.3) is 5.91 Å². The van der Waals surface area contributed by atoms with Gasteiger partial charge in [-0.15, -0.1) is 11.3 Å². The lowest BCUT2D eigenvalue weighted by Crippen LogP contribution is -2.64. The Morgan fingerprint density at radius 2 is 1.91 bits per heavy atom. The average molecular weight is 494 g/mol. The van der Waals surface area contributed by atoms with Crippen molar-refractivity contribution in [3.05, 3.63) is 93.5 Å². The van der Waals surface area contributed by atoms with Crippen molar-refractivity contribution in [2.24, 2.45) is 0 Å². The van der Waals surface area contributed by atoms with E-state index in [4.69, 9.17) is 16.0 Å². The molecule has 3 aromatic heterocycles. The van der Waals surface area contributed by atoms with Gasteiger partial charge in [-0.05, 0) is 66.8 Å². The molecule has 4 aromatic rings. The lowest BCUT2D eigenvalue weighted by atomic mass is 9.94. The van der Waals surface area contributed by atoms with Crippen LogP contribution in [0.5, 0.6) is 0 Å². The molecule has 0 fully saturated rings. The monoisotopic (exact) mass is 493 g/mol. The molecule has 1 aliphatic rings. The van der Waals surface area contributed by atoms with Gasteiger partial charge in [0.15, 0.2) is 0 Å². The van der Waals surface area contributed by atoms with Crippen LogP contribution in [0.3, 0.4) is 0 Å². The van der Waals surface area contributed by atoms with E-state index in [1.165, 1.54) is 4.88 Å². The molecule has 0 bridgehead atoms. The van der Waals surface area contributed by atoms with Gasteiger partial charge < -0.3 is 19.2 Å². The van der Waals surface area contributed by atoms with E-state index in [0.29, 0.717) is 42.5 Å². The molecule has 0 spiro atoms. The zero-order valence-corrected chi connectivity index (χ0v) is 20.2. The smallest absolute Gasteiger partial charge is 0.271 e. The summed E-state index contributed by atoms with van der Waals surface area (Å²) in [6.07, 6.45) is 2.29. The highest BCUT2D eigenvalue weighted by Gasteiger charge is 2.47. The van der Waals surface area contributed by atoms with Gasteiger partial charge in [0.2, 0.25) is 5.91 Å². The van der Waals surface area contributed by atoms with E-state index in [1.54, 1.807) is 34.6 Å². The second-order valence-corrected chi connectivity index (χ2v) is 10.0. The zero-order valence-electron chi connectivity index (χ0n) is 18.7. The van der Waals surface area contributed by atoms with Crippen molar-refractivity contribution in [3.8, 4) is 11.5 Å². The number of benzene rings is 1. The number of amides is 2. The first kappa shape index (κ1) is 22.5. The van der Waals surface area contributed by atoms with Crippen LogP contribution in [0.15, 0.2) is 76.7 Å². The highest BCUT2D eigenvalue weighted by molar-refractivity contribution is 7.09. The molecular formula is C26H24ClN3O3S. The molecule has 1 atom stereocenters. The van der Waals surface area contributed by atoms with Gasteiger partial charge in [0, 0.05) is 23.0 Å². The van der Waals surface area contributed by atoms with Crippen LogP contribution in [0, 0.1) is 0 Å². The lowest BCUT2D eigenvalue weighted by Gasteiger charge is -2.44. The summed E-state index contributed by atoms with van der Waals surface area (Å²) in [5.41, 5.74) is 1.20. The minimum atomic E-state index is -1.08. The molecule has 174 valence electrons. The maximum Gasteiger partial charge on any atom is 0.271 e. The van der Waals surface area contributed by atoms with Crippen molar-refractivity contribution in [1.82, 2.24) is 14.8 Å². The quantitative estimate of drug-likeness (QED) is 0.383. The highest BCUT2D eigenvalue weighted by atomic mass is 35.5. The Balaban J connectivity index is 1.46. The number of carbonyl (C=O) groups is 2. The van der Waals surface area contributed by atoms with Crippen molar-refractivity contribution < 1.29 is 14.0 Å². The van der Waals surface area contributed by atoms with Crippen molar-refractivity contribution >= 4 is 34.8 Å². The Kier molecular flexibility index (Phi) is 6.06. The topological polar surface area (TPSA) is 67.5 Å². The second kappa shape index (κ2) is 9.16. The van der Waals surface area contributed by atoms with Crippen LogP contribution in [-0.4, -0.2) is 33.4 Å². The number of fused-ring (bicyclic) bond motifs is 1. The minimum absolute atomic E-state index is 0.162. The first-order chi connectivity index (χ1) is 16.5. The fourth-order valence-corrected chi connectivity index (χ4v) is 5.24. The summed E-state index contributed by atoms with van der Waals surface area (Å²) in [4.78, 5) is 30.2. The predicted octanol–water partition coefficient (Wildman–Crippen LogP) is 5.24. The Morgan fingerprint density at radius 3 is 2.62 bits per heavy atom. The number of nitrogens with zero attached hydrogens (tertiary/aromatic N) is 2. The molecule has 0 radical (unpaired) electrons. The van der Waals surface area contributed by atoms with Crippen LogP contribution >= 0.6 is 22.9 Å². The number of carbonyl (C=O) groups excluding carboxylic acids is 2. The van der Waals surface area contributed by atoms with E-state index in [0.717, 1.165) is 11.3 Å². The number of furan rings is 1. The number of nitrogens with one attached hydrogen (secondary N) is 1. The van der Waals surface area contributed by atoms with Crippen LogP contribution in [-0.2, 0) is 24.3 Å². The van der Waals surface area contributed by atoms with Crippen LogP contribution in [0.4, 0.5) is 0 Å². The van der Waals surface area contributed by atoms with Gasteiger partial charge in [-0.2, -0.15) is 0 Å². The van der Waals surface area contributed by atoms with Crippen LogP contribution < -0.4 is 5.32 Å². The fraction of sp³-hybridized carbons (Fsp3) is 0.231. The first-order valence-electron chi connectivity index (χ1n) is 11.1. The van der Waals surface area contributed by atoms with E-state index >= 15 is 0 Å². The van der Waals surface area contributed by atoms with E-state index in [2.05, 4.69) is 11.4 Å². The molecule has 0 aliphatic carbocycles. The third-order valence-electron chi connectivity index (χ3n) is 6.30. The second-order valence-electron chi connectivity index (χ2n) is 8.54. The maximum absolute atomic E-state index is 13.7. The molecule has 1 aromatic carbocycles. The average Bonchev–Trinajstić information content (AvgIpc) is 3.60. The standard InChI is InChI=1S/C26H24ClN3O3S/c1-26(25(32)28-16-18-6-8-19(27)9-7-18)17-29-21(23-5-2-14-33-23)10-11-22(29)24(31)30(26)13-12-20-4-3-15-34-20/h2-11,14-15H,12-13,16-17H2,1H3,(H,28,32)/t26-/m0/s1. The normalized spacial score (nSPS) is 17.6. The molecule has 1 aliphatic heterocycles. The molecule has 0 saturated heterocycles. The van der Waals surface area contributed by atoms with Crippen molar-refractivity contribution in [2.75, 3.05) is 6.54 Å². The first-order valence-corrected chi connectivity index (χ1v) is 12.3. The van der Waals surface area contributed by atoms with Gasteiger partial charge in [0.05, 0.1) is 18.5 Å². The van der Waals surface area contributed by atoms with E-state index in [9.17, 15) is 9.59 Å². The molecule has 34 heavy (non-hydrogen) atoms. The molecule has 2 amide bonds. The molecule has 8 heteroatoms. The van der Waals surface area contributed by atoms with E-state index in [-0.39, 0.29) is 11.8 Å². The summed E-state index contributed by atoms with van der Waals surface area (Å²) in [6.45, 7) is 2.97. The van der Waals surface area contributed by atoms with Crippen LogP contribution in [0.25, 0.3) is 11.5 Å². The zero-order chi connectivity index (χ0) is 23.7. The number of hydrogen-bond donors (Lipinski definition) is 1. The van der Waals surface area contributed by atoms with Crippen molar-refractivity contribution in [1.29, 1.82) is 0 Å². The third kappa shape index (κ3) is 4.17. The number of rotatable bonds is 7. The minimum Gasteiger partial charge on any atom is -0.463 e. The number of thiophene rings is 1. The SMILES string of the molecule is C[C@@]1(C(=O)NCc2ccc(Cl)cc2)Cn2c(ccc2-c2ccco2)C(=O)N1CCc1cccs1. The molecule has 6 nitrogen and oxygen atoms in total.